The average Bonchev–Trinajstić information content (AvgIpc) is 2.42. The van der Waals surface area contributed by atoms with Crippen LogP contribution in [0, 0.1) is 10.1 Å². The quantitative estimate of drug-likeness (QED) is 0.374. The second kappa shape index (κ2) is 6.20. The molecule has 0 aliphatic carbocycles. The number of hydrogen-bond acceptors (Lipinski definition) is 7. The zero-order chi connectivity index (χ0) is 15.4. The van der Waals surface area contributed by atoms with E-state index in [2.05, 4.69) is 9.50 Å². The Labute approximate surface area is 122 Å². The molecule has 0 bridgehead atoms. The van der Waals surface area contributed by atoms with Gasteiger partial charge in [-0.3, -0.25) is 10.1 Å². The molecule has 0 saturated carbocycles. The van der Waals surface area contributed by atoms with Gasteiger partial charge in [-0.15, -0.1) is 0 Å². The number of anilines is 3. The maximum absolute atomic E-state index is 10.7. The lowest BCUT2D eigenvalue weighted by Gasteiger charge is -2.13. The molecule has 1 atom stereocenters. The fourth-order valence-corrected chi connectivity index (χ4v) is 1.88. The van der Waals surface area contributed by atoms with Crippen LogP contribution in [0.5, 0.6) is 5.75 Å². The van der Waals surface area contributed by atoms with E-state index >= 15 is 0 Å². The second-order valence-corrected chi connectivity index (χ2v) is 4.55. The number of rotatable bonds is 5. The van der Waals surface area contributed by atoms with E-state index in [0.717, 1.165) is 6.07 Å². The number of nitrogens with one attached hydrogen (secondary N) is 1. The van der Waals surface area contributed by atoms with Gasteiger partial charge >= 0.3 is 0 Å². The highest BCUT2D eigenvalue weighted by Gasteiger charge is 2.13. The first-order valence-electron chi connectivity index (χ1n) is 5.64. The van der Waals surface area contributed by atoms with E-state index in [4.69, 9.17) is 5.73 Å². The van der Waals surface area contributed by atoms with Gasteiger partial charge in [0, 0.05) is 17.4 Å². The summed E-state index contributed by atoms with van der Waals surface area (Å²) in [5.41, 5.74) is 6.75. The Hall–Kier alpha value is -2.65. The molecule has 21 heavy (non-hydrogen) atoms. The molecule has 0 saturated heterocycles. The smallest absolute Gasteiger partial charge is 0.273 e. The summed E-state index contributed by atoms with van der Waals surface area (Å²) in [7, 11) is 0. The maximum Gasteiger partial charge on any atom is 0.273 e. The highest BCUT2D eigenvalue weighted by molar-refractivity contribution is 7.74. The van der Waals surface area contributed by atoms with Crippen LogP contribution in [0.15, 0.2) is 42.5 Å². The number of nitrogens with two attached hydrogens (primary N) is 1. The van der Waals surface area contributed by atoms with E-state index in [1.807, 2.05) is 0 Å². The van der Waals surface area contributed by atoms with Crippen molar-refractivity contribution < 1.29 is 17.9 Å². The number of nitrogens with zero attached hydrogens (tertiary/aromatic N) is 1. The number of nitro groups is 1. The zero-order valence-corrected chi connectivity index (χ0v) is 11.3. The summed E-state index contributed by atoms with van der Waals surface area (Å²) in [6.07, 6.45) is 0. The van der Waals surface area contributed by atoms with E-state index in [1.54, 1.807) is 24.3 Å². The minimum atomic E-state index is -2.84. The molecule has 2 rings (SSSR count). The van der Waals surface area contributed by atoms with Crippen LogP contribution in [0.3, 0.4) is 0 Å². The molecule has 2 aromatic rings. The average molecular weight is 308 g/mol. The van der Waals surface area contributed by atoms with Crippen molar-refractivity contribution in [3.8, 4) is 5.75 Å². The molecule has 2 aromatic carbocycles. The van der Waals surface area contributed by atoms with Crippen molar-refractivity contribution in [2.45, 2.75) is 0 Å². The van der Waals surface area contributed by atoms with Crippen molar-refractivity contribution >= 4 is 34.1 Å². The first-order valence-corrected chi connectivity index (χ1v) is 6.64. The molecule has 0 spiro atoms. The van der Waals surface area contributed by atoms with Crippen molar-refractivity contribution in [1.29, 1.82) is 0 Å². The van der Waals surface area contributed by atoms with Gasteiger partial charge in [-0.1, -0.05) is 0 Å². The van der Waals surface area contributed by atoms with Crippen LogP contribution in [0.25, 0.3) is 0 Å². The van der Waals surface area contributed by atoms with Gasteiger partial charge in [0.1, 0.15) is 11.4 Å². The third kappa shape index (κ3) is 3.91. The number of non-ortho nitro benzene ring substituents is 1. The Kier molecular flexibility index (Phi) is 4.36. The Morgan fingerprint density at radius 1 is 1.19 bits per heavy atom. The number of hydrogen-bond donors (Lipinski definition) is 2. The monoisotopic (exact) mass is 308 g/mol. The Bertz CT molecular complexity index is 690. The Morgan fingerprint density at radius 2 is 1.86 bits per heavy atom. The number of nitro benzene ring substituents is 1. The van der Waals surface area contributed by atoms with Crippen molar-refractivity contribution in [3.63, 3.8) is 0 Å². The molecule has 8 nitrogen and oxygen atoms in total. The van der Waals surface area contributed by atoms with Crippen LogP contribution in [-0.4, -0.2) is 13.7 Å². The summed E-state index contributed by atoms with van der Waals surface area (Å²) in [5.74, 6) is -0.172. The molecular weight excluding hydrogens is 298 g/mol. The third-order valence-corrected chi connectivity index (χ3v) is 2.84. The number of nitrogen functional groups attached to an aromatic ring is 1. The summed E-state index contributed by atoms with van der Waals surface area (Å²) in [6, 6.07) is 10.3. The molecule has 1 unspecified atom stereocenters. The standard InChI is InChI=1S/C12H11N3O5S/c13-8-1-3-9(4-2-8)14-11-6-5-10(15(16)17)7-12(11)20-21(18)19/h1-7,14H,13H2,(H,18,19)/p-1. The van der Waals surface area contributed by atoms with E-state index in [0.29, 0.717) is 11.4 Å². The predicted octanol–water partition coefficient (Wildman–Crippen LogP) is 2.09. The van der Waals surface area contributed by atoms with Crippen LogP contribution in [-0.2, 0) is 11.4 Å². The summed E-state index contributed by atoms with van der Waals surface area (Å²) < 4.78 is 25.9. The third-order valence-electron chi connectivity index (χ3n) is 2.52. The first kappa shape index (κ1) is 14.8. The van der Waals surface area contributed by atoms with Crippen molar-refractivity contribution in [3.05, 3.63) is 52.6 Å². The molecule has 3 N–H and O–H groups in total. The van der Waals surface area contributed by atoms with Crippen molar-refractivity contribution in [2.75, 3.05) is 11.1 Å². The molecular formula is C12H10N3O5S-. The Morgan fingerprint density at radius 3 is 2.43 bits per heavy atom. The highest BCUT2D eigenvalue weighted by atomic mass is 32.2. The molecule has 110 valence electrons. The summed E-state index contributed by atoms with van der Waals surface area (Å²) in [4.78, 5) is 10.1. The minimum Gasteiger partial charge on any atom is -0.740 e. The SMILES string of the molecule is Nc1ccc(Nc2ccc([N+](=O)[O-])cc2OS(=O)[O-])cc1. The summed E-state index contributed by atoms with van der Waals surface area (Å²) in [5, 5.41) is 13.6. The molecule has 0 aliphatic rings. The van der Waals surface area contributed by atoms with E-state index in [1.165, 1.54) is 12.1 Å². The first-order chi connectivity index (χ1) is 9.95. The van der Waals surface area contributed by atoms with Crippen LogP contribution < -0.4 is 15.2 Å². The molecule has 0 fully saturated rings. The highest BCUT2D eigenvalue weighted by Crippen LogP contribution is 2.32. The molecule has 0 aliphatic heterocycles. The lowest BCUT2D eigenvalue weighted by Crippen LogP contribution is -2.02. The van der Waals surface area contributed by atoms with Gasteiger partial charge < -0.3 is 19.8 Å². The van der Waals surface area contributed by atoms with Crippen LogP contribution in [0.1, 0.15) is 0 Å². The van der Waals surface area contributed by atoms with Crippen LogP contribution >= 0.6 is 0 Å². The lowest BCUT2D eigenvalue weighted by atomic mass is 10.2. The topological polar surface area (TPSA) is 131 Å². The molecule has 0 radical (unpaired) electrons. The van der Waals surface area contributed by atoms with Gasteiger partial charge in [0.15, 0.2) is 5.75 Å². The van der Waals surface area contributed by atoms with Crippen LogP contribution in [0.4, 0.5) is 22.7 Å². The Balaban J connectivity index is 2.34. The van der Waals surface area contributed by atoms with Crippen molar-refractivity contribution in [1.82, 2.24) is 0 Å². The normalized spacial score (nSPS) is 11.7. The fraction of sp³-hybridized carbons (Fsp3) is 0. The molecule has 0 amide bonds. The van der Waals surface area contributed by atoms with E-state index in [9.17, 15) is 18.9 Å². The van der Waals surface area contributed by atoms with Gasteiger partial charge in [0.05, 0.1) is 16.7 Å². The van der Waals surface area contributed by atoms with Gasteiger partial charge in [0.25, 0.3) is 5.69 Å². The minimum absolute atomic E-state index is 0.172. The summed E-state index contributed by atoms with van der Waals surface area (Å²) >= 11 is -2.84. The van der Waals surface area contributed by atoms with Crippen molar-refractivity contribution in [2.24, 2.45) is 0 Å². The van der Waals surface area contributed by atoms with Gasteiger partial charge in [-0.25, -0.2) is 4.21 Å². The maximum atomic E-state index is 10.7. The predicted molar refractivity (Wildman–Crippen MR) is 76.8 cm³/mol. The second-order valence-electron chi connectivity index (χ2n) is 3.97. The zero-order valence-electron chi connectivity index (χ0n) is 10.5. The molecule has 9 heteroatoms. The summed E-state index contributed by atoms with van der Waals surface area (Å²) in [6.45, 7) is 0. The van der Waals surface area contributed by atoms with Gasteiger partial charge in [0.2, 0.25) is 0 Å². The largest absolute Gasteiger partial charge is 0.740 e. The van der Waals surface area contributed by atoms with Crippen LogP contribution in [0.2, 0.25) is 0 Å². The number of benzene rings is 2. The van der Waals surface area contributed by atoms with E-state index in [-0.39, 0.29) is 17.1 Å². The lowest BCUT2D eigenvalue weighted by molar-refractivity contribution is -0.384. The molecule has 0 heterocycles. The van der Waals surface area contributed by atoms with Gasteiger partial charge in [-0.2, -0.15) is 0 Å². The van der Waals surface area contributed by atoms with E-state index < -0.39 is 16.3 Å². The fourth-order valence-electron chi connectivity index (χ4n) is 1.59. The van der Waals surface area contributed by atoms with Gasteiger partial charge in [-0.05, 0) is 30.3 Å². The molecule has 0 aromatic heterocycles.